The van der Waals surface area contributed by atoms with Crippen LogP contribution in [-0.4, -0.2) is 27.8 Å². The normalized spacial score (nSPS) is 11.7. The Labute approximate surface area is 109 Å². The van der Waals surface area contributed by atoms with E-state index in [0.717, 1.165) is 10.7 Å². The van der Waals surface area contributed by atoms with E-state index < -0.39 is 10.0 Å². The highest BCUT2D eigenvalue weighted by molar-refractivity contribution is 9.10. The summed E-state index contributed by atoms with van der Waals surface area (Å²) in [5.41, 5.74) is 0.540. The molecule has 1 aromatic carbocycles. The molecule has 0 aliphatic carbocycles. The van der Waals surface area contributed by atoms with Crippen molar-refractivity contribution in [2.75, 3.05) is 19.3 Å². The topological polar surface area (TPSA) is 58.2 Å². The van der Waals surface area contributed by atoms with Gasteiger partial charge in [0.1, 0.15) is 5.82 Å². The Kier molecular flexibility index (Phi) is 5.51. The van der Waals surface area contributed by atoms with Crippen molar-refractivity contribution in [3.63, 3.8) is 0 Å². The molecule has 0 fully saturated rings. The zero-order chi connectivity index (χ0) is 12.9. The van der Waals surface area contributed by atoms with Crippen molar-refractivity contribution >= 4 is 26.0 Å². The number of halogens is 2. The molecule has 0 saturated carbocycles. The molecule has 0 heterocycles. The molecule has 7 heteroatoms. The number of hydrogen-bond donors (Lipinski definition) is 2. The first-order chi connectivity index (χ1) is 7.88. The molecule has 96 valence electrons. The highest BCUT2D eigenvalue weighted by Gasteiger charge is 2.03. The van der Waals surface area contributed by atoms with E-state index in [-0.39, 0.29) is 12.4 Å². The molecule has 17 heavy (non-hydrogen) atoms. The second kappa shape index (κ2) is 6.44. The second-order valence-corrected chi connectivity index (χ2v) is 6.33. The van der Waals surface area contributed by atoms with E-state index in [1.54, 1.807) is 12.1 Å². The molecule has 0 aliphatic rings. The van der Waals surface area contributed by atoms with Crippen LogP contribution in [0.5, 0.6) is 0 Å². The van der Waals surface area contributed by atoms with Crippen LogP contribution in [0.15, 0.2) is 22.7 Å². The summed E-state index contributed by atoms with van der Waals surface area (Å²) in [6.07, 6.45) is 1.10. The Morgan fingerprint density at radius 2 is 2.06 bits per heavy atom. The van der Waals surface area contributed by atoms with E-state index >= 15 is 0 Å². The van der Waals surface area contributed by atoms with Gasteiger partial charge in [-0.15, -0.1) is 0 Å². The predicted molar refractivity (Wildman–Crippen MR) is 68.7 cm³/mol. The highest BCUT2D eigenvalue weighted by atomic mass is 79.9. The second-order valence-electron chi connectivity index (χ2n) is 3.58. The Balaban J connectivity index is 2.34. The third-order valence-electron chi connectivity index (χ3n) is 1.99. The number of hydrogen-bond acceptors (Lipinski definition) is 3. The van der Waals surface area contributed by atoms with Crippen LogP contribution in [0.1, 0.15) is 5.56 Å². The maximum Gasteiger partial charge on any atom is 0.208 e. The van der Waals surface area contributed by atoms with Crippen molar-refractivity contribution in [1.29, 1.82) is 0 Å². The van der Waals surface area contributed by atoms with Gasteiger partial charge in [0.05, 0.1) is 6.26 Å². The van der Waals surface area contributed by atoms with Crippen LogP contribution in [0, 0.1) is 5.82 Å². The predicted octanol–water partition coefficient (Wildman–Crippen LogP) is 1.23. The van der Waals surface area contributed by atoms with Crippen molar-refractivity contribution in [1.82, 2.24) is 10.0 Å². The van der Waals surface area contributed by atoms with Crippen LogP contribution in [-0.2, 0) is 16.6 Å². The minimum atomic E-state index is -3.16. The van der Waals surface area contributed by atoms with Gasteiger partial charge >= 0.3 is 0 Å². The van der Waals surface area contributed by atoms with Crippen molar-refractivity contribution in [3.05, 3.63) is 34.1 Å². The Morgan fingerprint density at radius 3 is 2.71 bits per heavy atom. The molecular weight excluding hydrogens is 311 g/mol. The third kappa shape index (κ3) is 6.11. The summed E-state index contributed by atoms with van der Waals surface area (Å²) in [5.74, 6) is -0.281. The average molecular weight is 325 g/mol. The Morgan fingerprint density at radius 1 is 1.35 bits per heavy atom. The fourth-order valence-corrected chi connectivity index (χ4v) is 2.11. The Bertz CT molecular complexity index is 479. The van der Waals surface area contributed by atoms with E-state index in [1.807, 2.05) is 0 Å². The van der Waals surface area contributed by atoms with Gasteiger partial charge in [-0.25, -0.2) is 17.5 Å². The molecule has 2 N–H and O–H groups in total. The van der Waals surface area contributed by atoms with Gasteiger partial charge in [0.15, 0.2) is 0 Å². The maximum atomic E-state index is 13.3. The van der Waals surface area contributed by atoms with E-state index in [9.17, 15) is 12.8 Å². The van der Waals surface area contributed by atoms with E-state index in [4.69, 9.17) is 0 Å². The SMILES string of the molecule is CS(=O)(=O)NCCNCc1cc(Br)ccc1F. The summed E-state index contributed by atoms with van der Waals surface area (Å²) in [6, 6.07) is 4.70. The fraction of sp³-hybridized carbons (Fsp3) is 0.400. The lowest BCUT2D eigenvalue weighted by molar-refractivity contribution is 0.572. The first-order valence-electron chi connectivity index (χ1n) is 4.98. The summed E-state index contributed by atoms with van der Waals surface area (Å²) in [6.45, 7) is 1.09. The van der Waals surface area contributed by atoms with Gasteiger partial charge in [0, 0.05) is 29.7 Å². The van der Waals surface area contributed by atoms with Crippen LogP contribution in [0.2, 0.25) is 0 Å². The molecule has 0 amide bonds. The number of nitrogens with one attached hydrogen (secondary N) is 2. The van der Waals surface area contributed by atoms with Crippen molar-refractivity contribution in [2.24, 2.45) is 0 Å². The van der Waals surface area contributed by atoms with E-state index in [1.165, 1.54) is 6.07 Å². The smallest absolute Gasteiger partial charge is 0.208 e. The molecule has 0 spiro atoms. The van der Waals surface area contributed by atoms with Gasteiger partial charge < -0.3 is 5.32 Å². The summed E-state index contributed by atoms with van der Waals surface area (Å²) >= 11 is 3.26. The van der Waals surface area contributed by atoms with Gasteiger partial charge in [-0.05, 0) is 18.2 Å². The number of sulfonamides is 1. The van der Waals surface area contributed by atoms with Crippen molar-refractivity contribution in [3.8, 4) is 0 Å². The van der Waals surface area contributed by atoms with Crippen LogP contribution in [0.3, 0.4) is 0 Å². The quantitative estimate of drug-likeness (QED) is 0.774. The van der Waals surface area contributed by atoms with Gasteiger partial charge in [0.25, 0.3) is 0 Å². The van der Waals surface area contributed by atoms with Crippen molar-refractivity contribution in [2.45, 2.75) is 6.54 Å². The summed E-state index contributed by atoms with van der Waals surface area (Å²) in [7, 11) is -3.16. The summed E-state index contributed by atoms with van der Waals surface area (Å²) in [5, 5.41) is 2.95. The standard InChI is InChI=1S/C10H14BrFN2O2S/c1-17(15,16)14-5-4-13-7-8-6-9(11)2-3-10(8)12/h2-3,6,13-14H,4-5,7H2,1H3. The monoisotopic (exact) mass is 324 g/mol. The molecule has 4 nitrogen and oxygen atoms in total. The lowest BCUT2D eigenvalue weighted by Gasteiger charge is -2.06. The minimum Gasteiger partial charge on any atom is -0.311 e. The Hall–Kier alpha value is -0.500. The van der Waals surface area contributed by atoms with Crippen molar-refractivity contribution < 1.29 is 12.8 Å². The van der Waals surface area contributed by atoms with Crippen LogP contribution in [0.4, 0.5) is 4.39 Å². The largest absolute Gasteiger partial charge is 0.311 e. The number of benzene rings is 1. The summed E-state index contributed by atoms with van der Waals surface area (Å²) in [4.78, 5) is 0. The van der Waals surface area contributed by atoms with Gasteiger partial charge in [-0.2, -0.15) is 0 Å². The third-order valence-corrected chi connectivity index (χ3v) is 3.21. The molecule has 0 aromatic heterocycles. The lowest BCUT2D eigenvalue weighted by Crippen LogP contribution is -2.30. The van der Waals surface area contributed by atoms with Gasteiger partial charge in [-0.3, -0.25) is 0 Å². The van der Waals surface area contributed by atoms with E-state index in [2.05, 4.69) is 26.0 Å². The molecule has 0 unspecified atom stereocenters. The average Bonchev–Trinajstić information content (AvgIpc) is 2.21. The van der Waals surface area contributed by atoms with Gasteiger partial charge in [0.2, 0.25) is 10.0 Å². The highest BCUT2D eigenvalue weighted by Crippen LogP contribution is 2.15. The van der Waals surface area contributed by atoms with Gasteiger partial charge in [-0.1, -0.05) is 15.9 Å². The zero-order valence-corrected chi connectivity index (χ0v) is 11.7. The molecule has 0 aliphatic heterocycles. The lowest BCUT2D eigenvalue weighted by atomic mass is 10.2. The van der Waals surface area contributed by atoms with Crippen LogP contribution < -0.4 is 10.0 Å². The molecule has 1 aromatic rings. The number of rotatable bonds is 6. The van der Waals surface area contributed by atoms with E-state index in [0.29, 0.717) is 18.7 Å². The molecule has 1 rings (SSSR count). The molecule has 0 saturated heterocycles. The van der Waals surface area contributed by atoms with Crippen LogP contribution in [0.25, 0.3) is 0 Å². The fourth-order valence-electron chi connectivity index (χ4n) is 1.23. The minimum absolute atomic E-state index is 0.281. The zero-order valence-electron chi connectivity index (χ0n) is 9.33. The molecule has 0 radical (unpaired) electrons. The van der Waals surface area contributed by atoms with Crippen LogP contribution >= 0.6 is 15.9 Å². The first kappa shape index (κ1) is 14.6. The first-order valence-corrected chi connectivity index (χ1v) is 7.66. The molecule has 0 atom stereocenters. The molecular formula is C10H14BrFN2O2S. The molecule has 0 bridgehead atoms. The maximum absolute atomic E-state index is 13.3. The summed E-state index contributed by atoms with van der Waals surface area (Å²) < 4.78 is 38.0.